The van der Waals surface area contributed by atoms with Crippen LogP contribution in [0, 0.1) is 17.8 Å². The van der Waals surface area contributed by atoms with Crippen molar-refractivity contribution in [3.05, 3.63) is 101 Å². The lowest BCUT2D eigenvalue weighted by atomic mass is 9.48. The van der Waals surface area contributed by atoms with Crippen molar-refractivity contribution in [2.45, 2.75) is 57.0 Å². The number of benzene rings is 3. The van der Waals surface area contributed by atoms with Gasteiger partial charge in [0.05, 0.1) is 5.69 Å². The molecule has 0 atom stereocenters. The van der Waals surface area contributed by atoms with Crippen LogP contribution in [-0.4, -0.2) is 24.6 Å². The minimum atomic E-state index is -0.741. The molecule has 5 fully saturated rings. The molecule has 4 aliphatic carbocycles. The SMILES string of the molecule is C=CCc1cc(/C=C2\C(=O)NC(=O)N(c3ccc(C45CC6CC(CC(C6)C4)C5)cc3)C2=O)ccc1OCc1ccc2c(c1)OCO2. The lowest BCUT2D eigenvalue weighted by molar-refractivity contribution is -0.122. The number of urea groups is 1. The summed E-state index contributed by atoms with van der Waals surface area (Å²) in [5.74, 6) is 3.16. The fraction of sp³-hybridized carbons (Fsp3) is 0.342. The quantitative estimate of drug-likeness (QED) is 0.169. The largest absolute Gasteiger partial charge is 0.489 e. The Hall–Kier alpha value is -4.85. The van der Waals surface area contributed by atoms with Crippen LogP contribution in [-0.2, 0) is 28.0 Å². The molecule has 2 aliphatic heterocycles. The van der Waals surface area contributed by atoms with Crippen molar-refractivity contribution in [3.63, 3.8) is 0 Å². The fourth-order valence-corrected chi connectivity index (χ4v) is 8.82. The molecule has 234 valence electrons. The molecule has 0 spiro atoms. The zero-order valence-electron chi connectivity index (χ0n) is 25.6. The van der Waals surface area contributed by atoms with Crippen LogP contribution in [0.15, 0.2) is 78.9 Å². The Morgan fingerprint density at radius 2 is 1.61 bits per heavy atom. The van der Waals surface area contributed by atoms with E-state index in [0.717, 1.165) is 33.8 Å². The second-order valence-corrected chi connectivity index (χ2v) is 13.5. The number of barbiturate groups is 1. The van der Waals surface area contributed by atoms with Crippen molar-refractivity contribution < 1.29 is 28.6 Å². The molecule has 0 unspecified atom stereocenters. The topological polar surface area (TPSA) is 94.2 Å². The van der Waals surface area contributed by atoms with Gasteiger partial charge in [-0.05, 0) is 133 Å². The van der Waals surface area contributed by atoms with Crippen LogP contribution in [0.2, 0.25) is 0 Å². The lowest BCUT2D eigenvalue weighted by Gasteiger charge is -2.57. The van der Waals surface area contributed by atoms with Crippen LogP contribution in [0.5, 0.6) is 17.2 Å². The summed E-state index contributed by atoms with van der Waals surface area (Å²) in [6.45, 7) is 4.40. The molecule has 4 saturated carbocycles. The smallest absolute Gasteiger partial charge is 0.335 e. The zero-order chi connectivity index (χ0) is 31.4. The Kier molecular flexibility index (Phi) is 6.96. The summed E-state index contributed by atoms with van der Waals surface area (Å²) in [4.78, 5) is 40.6. The summed E-state index contributed by atoms with van der Waals surface area (Å²) < 4.78 is 17.0. The molecule has 46 heavy (non-hydrogen) atoms. The van der Waals surface area contributed by atoms with Crippen LogP contribution in [0.25, 0.3) is 6.08 Å². The highest BCUT2D eigenvalue weighted by Gasteiger charge is 2.51. The van der Waals surface area contributed by atoms with Crippen molar-refractivity contribution >= 4 is 29.6 Å². The second-order valence-electron chi connectivity index (χ2n) is 13.5. The summed E-state index contributed by atoms with van der Waals surface area (Å²) >= 11 is 0. The third-order valence-electron chi connectivity index (χ3n) is 10.5. The molecule has 1 saturated heterocycles. The molecule has 6 aliphatic rings. The summed E-state index contributed by atoms with van der Waals surface area (Å²) in [5.41, 5.74) is 4.28. The van der Waals surface area contributed by atoms with Gasteiger partial charge in [0, 0.05) is 0 Å². The number of nitrogens with zero attached hydrogens (tertiary/aromatic N) is 1. The number of allylic oxidation sites excluding steroid dienone is 1. The van der Waals surface area contributed by atoms with Crippen molar-refractivity contribution in [2.24, 2.45) is 17.8 Å². The average Bonchev–Trinajstić information content (AvgIpc) is 3.51. The highest BCUT2D eigenvalue weighted by molar-refractivity contribution is 6.39. The maximum atomic E-state index is 13.7. The Morgan fingerprint density at radius 3 is 2.33 bits per heavy atom. The van der Waals surface area contributed by atoms with Gasteiger partial charge < -0.3 is 14.2 Å². The van der Waals surface area contributed by atoms with Gasteiger partial charge in [0.25, 0.3) is 11.8 Å². The van der Waals surface area contributed by atoms with Crippen LogP contribution in [0.3, 0.4) is 0 Å². The summed E-state index contributed by atoms with van der Waals surface area (Å²) in [6.07, 6.45) is 11.6. The van der Waals surface area contributed by atoms with E-state index in [4.69, 9.17) is 14.2 Å². The van der Waals surface area contributed by atoms with E-state index < -0.39 is 17.8 Å². The Bertz CT molecular complexity index is 1760. The number of carbonyl (C=O) groups excluding carboxylic acids is 3. The first-order chi connectivity index (χ1) is 22.4. The van der Waals surface area contributed by atoms with E-state index in [2.05, 4.69) is 24.0 Å². The van der Waals surface area contributed by atoms with Crippen LogP contribution in [0.4, 0.5) is 10.5 Å². The number of hydrogen-bond donors (Lipinski definition) is 1. The number of anilines is 1. The fourth-order valence-electron chi connectivity index (χ4n) is 8.82. The number of ether oxygens (including phenoxy) is 3. The predicted octanol–water partition coefficient (Wildman–Crippen LogP) is 6.86. The number of imide groups is 2. The van der Waals surface area contributed by atoms with Gasteiger partial charge in [-0.1, -0.05) is 30.3 Å². The minimum absolute atomic E-state index is 0.108. The first-order valence-corrected chi connectivity index (χ1v) is 16.1. The monoisotopic (exact) mass is 616 g/mol. The number of rotatable bonds is 8. The maximum Gasteiger partial charge on any atom is 0.335 e. The zero-order valence-corrected chi connectivity index (χ0v) is 25.6. The van der Waals surface area contributed by atoms with Gasteiger partial charge in [-0.25, -0.2) is 9.69 Å². The third kappa shape index (κ3) is 5.06. The number of hydrogen-bond acceptors (Lipinski definition) is 6. The summed E-state index contributed by atoms with van der Waals surface area (Å²) in [6, 6.07) is 18.3. The molecule has 8 nitrogen and oxygen atoms in total. The average molecular weight is 617 g/mol. The molecular weight excluding hydrogens is 580 g/mol. The van der Waals surface area contributed by atoms with Gasteiger partial charge in [-0.3, -0.25) is 14.9 Å². The van der Waals surface area contributed by atoms with E-state index >= 15 is 0 Å². The van der Waals surface area contributed by atoms with Crippen LogP contribution < -0.4 is 24.4 Å². The predicted molar refractivity (Wildman–Crippen MR) is 173 cm³/mol. The molecule has 4 amide bonds. The van der Waals surface area contributed by atoms with Crippen molar-refractivity contribution in [1.29, 1.82) is 0 Å². The van der Waals surface area contributed by atoms with E-state index in [-0.39, 0.29) is 17.8 Å². The van der Waals surface area contributed by atoms with Gasteiger partial charge in [0.15, 0.2) is 11.5 Å². The Labute approximate surface area is 268 Å². The molecule has 3 aromatic carbocycles. The third-order valence-corrected chi connectivity index (χ3v) is 10.5. The Balaban J connectivity index is 1.02. The van der Waals surface area contributed by atoms with Gasteiger partial charge in [0.1, 0.15) is 17.9 Å². The van der Waals surface area contributed by atoms with Crippen molar-refractivity contribution in [2.75, 3.05) is 11.7 Å². The first-order valence-electron chi connectivity index (χ1n) is 16.1. The standard InChI is InChI=1S/C38H36N2O6/c1-2-3-28-15-23(4-10-32(28)44-21-24-5-11-33-34(17-24)46-22-45-33)16-31-35(41)39-37(43)40(36(31)42)30-8-6-29(7-9-30)38-18-25-12-26(19-38)14-27(13-25)20-38/h2,4-11,15-17,25-27H,1,3,12-14,18-22H2,(H,39,41,43)/b31-16+. The lowest BCUT2D eigenvalue weighted by Crippen LogP contribution is -2.54. The van der Waals surface area contributed by atoms with Crippen molar-refractivity contribution in [1.82, 2.24) is 5.32 Å². The molecule has 0 aromatic heterocycles. The van der Waals surface area contributed by atoms with E-state index in [1.807, 2.05) is 42.5 Å². The molecule has 3 aromatic rings. The number of amides is 4. The molecule has 0 radical (unpaired) electrons. The molecule has 4 bridgehead atoms. The second kappa shape index (κ2) is 11.2. The molecule has 8 heteroatoms. The molecular formula is C38H36N2O6. The van der Waals surface area contributed by atoms with E-state index in [1.54, 1.807) is 12.1 Å². The van der Waals surface area contributed by atoms with E-state index in [1.165, 1.54) is 50.2 Å². The van der Waals surface area contributed by atoms with Gasteiger partial charge in [-0.15, -0.1) is 6.58 Å². The number of carbonyl (C=O) groups is 3. The van der Waals surface area contributed by atoms with Crippen molar-refractivity contribution in [3.8, 4) is 17.2 Å². The van der Waals surface area contributed by atoms with Crippen LogP contribution >= 0.6 is 0 Å². The van der Waals surface area contributed by atoms with Gasteiger partial charge in [0.2, 0.25) is 6.79 Å². The first kappa shape index (κ1) is 28.6. The summed E-state index contributed by atoms with van der Waals surface area (Å²) in [7, 11) is 0. The van der Waals surface area contributed by atoms with Gasteiger partial charge >= 0.3 is 6.03 Å². The van der Waals surface area contributed by atoms with Crippen LogP contribution in [0.1, 0.15) is 60.8 Å². The molecule has 9 rings (SSSR count). The number of fused-ring (bicyclic) bond motifs is 1. The highest BCUT2D eigenvalue weighted by Crippen LogP contribution is 2.60. The maximum absolute atomic E-state index is 13.7. The highest BCUT2D eigenvalue weighted by atomic mass is 16.7. The summed E-state index contributed by atoms with van der Waals surface area (Å²) in [5, 5.41) is 2.36. The molecule has 2 heterocycles. The van der Waals surface area contributed by atoms with E-state index in [9.17, 15) is 14.4 Å². The normalized spacial score (nSPS) is 26.9. The van der Waals surface area contributed by atoms with E-state index in [0.29, 0.717) is 41.5 Å². The number of nitrogens with one attached hydrogen (secondary N) is 1. The minimum Gasteiger partial charge on any atom is -0.489 e. The Morgan fingerprint density at radius 1 is 0.891 bits per heavy atom. The molecule has 1 N–H and O–H groups in total. The van der Waals surface area contributed by atoms with Gasteiger partial charge in [-0.2, -0.15) is 0 Å².